The lowest BCUT2D eigenvalue weighted by Crippen LogP contribution is -2.44. The minimum absolute atomic E-state index is 0.374. The van der Waals surface area contributed by atoms with E-state index < -0.39 is 11.9 Å². The molecule has 2 amide bonds. The van der Waals surface area contributed by atoms with Crippen molar-refractivity contribution in [3.05, 3.63) is 60.2 Å². The fraction of sp³-hybridized carbons (Fsp3) is 0.292. The first-order chi connectivity index (χ1) is 15.4. The van der Waals surface area contributed by atoms with E-state index in [0.29, 0.717) is 17.0 Å². The van der Waals surface area contributed by atoms with Gasteiger partial charge in [0.2, 0.25) is 5.91 Å². The molecule has 8 nitrogen and oxygen atoms in total. The van der Waals surface area contributed by atoms with Crippen LogP contribution < -0.4 is 16.0 Å². The molecule has 0 unspecified atom stereocenters. The van der Waals surface area contributed by atoms with E-state index in [4.69, 9.17) is 10.3 Å². The molecule has 8 heteroatoms. The van der Waals surface area contributed by atoms with E-state index in [0.717, 1.165) is 37.3 Å². The molecule has 32 heavy (non-hydrogen) atoms. The smallest absolute Gasteiger partial charge is 0.251 e. The molecular formula is C24H27N5O3. The van der Waals surface area contributed by atoms with Gasteiger partial charge in [-0.05, 0) is 50.4 Å². The van der Waals surface area contributed by atoms with Crippen LogP contribution in [0.15, 0.2) is 59.1 Å². The van der Waals surface area contributed by atoms with Gasteiger partial charge in [0, 0.05) is 54.6 Å². The highest BCUT2D eigenvalue weighted by Crippen LogP contribution is 2.28. The summed E-state index contributed by atoms with van der Waals surface area (Å²) in [5, 5.41) is 6.75. The van der Waals surface area contributed by atoms with Crippen molar-refractivity contribution >= 4 is 17.5 Å². The average Bonchev–Trinajstić information content (AvgIpc) is 3.30. The minimum Gasteiger partial charge on any atom is -0.369 e. The fourth-order valence-corrected chi connectivity index (χ4v) is 3.62. The summed E-state index contributed by atoms with van der Waals surface area (Å²) in [7, 11) is 2.14. The number of nitrogens with two attached hydrogens (primary N) is 1. The van der Waals surface area contributed by atoms with Crippen LogP contribution in [-0.4, -0.2) is 61.1 Å². The Kier molecular flexibility index (Phi) is 6.23. The quantitative estimate of drug-likeness (QED) is 0.618. The van der Waals surface area contributed by atoms with E-state index in [1.807, 2.05) is 24.3 Å². The molecule has 1 aliphatic rings. The Hall–Kier alpha value is -3.65. The molecule has 0 bridgehead atoms. The number of nitrogens with one attached hydrogen (secondary N) is 1. The summed E-state index contributed by atoms with van der Waals surface area (Å²) in [4.78, 5) is 28.3. The van der Waals surface area contributed by atoms with Crippen LogP contribution in [0.25, 0.3) is 22.6 Å². The van der Waals surface area contributed by atoms with Gasteiger partial charge < -0.3 is 25.4 Å². The molecule has 3 aromatic rings. The van der Waals surface area contributed by atoms with Crippen molar-refractivity contribution in [3.63, 3.8) is 0 Å². The van der Waals surface area contributed by atoms with Crippen molar-refractivity contribution in [1.82, 2.24) is 15.4 Å². The standard InChI is InChI=1S/C24H27N5O3/c1-16(23(25)30)26-24(31)19-5-3-4-18(14-19)21-15-22(32-27-21)17-6-8-20(9-7-17)29-12-10-28(2)11-13-29/h3-9,14-16H,10-13H2,1-2H3,(H2,25,30)(H,26,31)/t16-/m1/s1. The van der Waals surface area contributed by atoms with E-state index in [1.54, 1.807) is 25.1 Å². The molecule has 2 heterocycles. The molecule has 1 aliphatic heterocycles. The number of likely N-dealkylation sites (N-methyl/N-ethyl adjacent to an activating group) is 1. The molecule has 4 rings (SSSR count). The van der Waals surface area contributed by atoms with Gasteiger partial charge in [-0.25, -0.2) is 0 Å². The molecule has 0 aliphatic carbocycles. The highest BCUT2D eigenvalue weighted by Gasteiger charge is 2.17. The molecule has 3 N–H and O–H groups in total. The molecule has 1 saturated heterocycles. The number of anilines is 1. The van der Waals surface area contributed by atoms with Gasteiger partial charge in [-0.1, -0.05) is 17.3 Å². The maximum Gasteiger partial charge on any atom is 0.251 e. The fourth-order valence-electron chi connectivity index (χ4n) is 3.62. The Labute approximate surface area is 187 Å². The Morgan fingerprint density at radius 3 is 2.44 bits per heavy atom. The summed E-state index contributed by atoms with van der Waals surface area (Å²) in [6.45, 7) is 5.70. The second-order valence-electron chi connectivity index (χ2n) is 8.09. The van der Waals surface area contributed by atoms with Crippen molar-refractivity contribution in [2.75, 3.05) is 38.1 Å². The molecule has 0 saturated carbocycles. The lowest BCUT2D eigenvalue weighted by atomic mass is 10.1. The number of primary amides is 1. The molecule has 1 fully saturated rings. The van der Waals surface area contributed by atoms with Crippen LogP contribution in [0.1, 0.15) is 17.3 Å². The Balaban J connectivity index is 1.48. The van der Waals surface area contributed by atoms with Crippen LogP contribution in [0.3, 0.4) is 0 Å². The number of hydrogen-bond donors (Lipinski definition) is 2. The zero-order chi connectivity index (χ0) is 22.7. The Morgan fingerprint density at radius 2 is 1.75 bits per heavy atom. The third kappa shape index (κ3) is 4.81. The lowest BCUT2D eigenvalue weighted by molar-refractivity contribution is -0.119. The maximum absolute atomic E-state index is 12.4. The van der Waals surface area contributed by atoms with Crippen molar-refractivity contribution in [1.29, 1.82) is 0 Å². The SMILES string of the molecule is C[C@@H](NC(=O)c1cccc(-c2cc(-c3ccc(N4CCN(C)CC4)cc3)on2)c1)C(N)=O. The number of aromatic nitrogens is 1. The van der Waals surface area contributed by atoms with Gasteiger partial charge in [0.15, 0.2) is 5.76 Å². The van der Waals surface area contributed by atoms with Crippen LogP contribution in [0, 0.1) is 0 Å². The third-order valence-electron chi connectivity index (χ3n) is 5.73. The second kappa shape index (κ2) is 9.23. The summed E-state index contributed by atoms with van der Waals surface area (Å²) in [5.41, 5.74) is 9.14. The number of rotatable bonds is 6. The van der Waals surface area contributed by atoms with Gasteiger partial charge in [-0.15, -0.1) is 0 Å². The molecular weight excluding hydrogens is 406 g/mol. The minimum atomic E-state index is -0.751. The topological polar surface area (TPSA) is 105 Å². The zero-order valence-electron chi connectivity index (χ0n) is 18.2. The predicted molar refractivity (Wildman–Crippen MR) is 123 cm³/mol. The summed E-state index contributed by atoms with van der Waals surface area (Å²) < 4.78 is 5.57. The molecule has 166 valence electrons. The Bertz CT molecular complexity index is 1100. The van der Waals surface area contributed by atoms with Crippen molar-refractivity contribution < 1.29 is 14.1 Å². The number of nitrogens with zero attached hydrogens (tertiary/aromatic N) is 3. The van der Waals surface area contributed by atoms with Gasteiger partial charge in [0.1, 0.15) is 11.7 Å². The van der Waals surface area contributed by atoms with Crippen molar-refractivity contribution in [3.8, 4) is 22.6 Å². The first kappa shape index (κ1) is 21.6. The van der Waals surface area contributed by atoms with Gasteiger partial charge in [0.25, 0.3) is 5.91 Å². The maximum atomic E-state index is 12.4. The highest BCUT2D eigenvalue weighted by atomic mass is 16.5. The summed E-state index contributed by atoms with van der Waals surface area (Å²) in [5.74, 6) is -0.308. The summed E-state index contributed by atoms with van der Waals surface area (Å²) in [6, 6.07) is 16.4. The van der Waals surface area contributed by atoms with E-state index in [9.17, 15) is 9.59 Å². The predicted octanol–water partition coefficient (Wildman–Crippen LogP) is 2.36. The zero-order valence-corrected chi connectivity index (χ0v) is 18.2. The number of amides is 2. The summed E-state index contributed by atoms with van der Waals surface area (Å²) >= 11 is 0. The lowest BCUT2D eigenvalue weighted by Gasteiger charge is -2.34. The monoisotopic (exact) mass is 433 g/mol. The summed E-state index contributed by atoms with van der Waals surface area (Å²) in [6.07, 6.45) is 0. The first-order valence-corrected chi connectivity index (χ1v) is 10.6. The van der Waals surface area contributed by atoms with E-state index in [-0.39, 0.29) is 5.91 Å². The molecule has 1 atom stereocenters. The van der Waals surface area contributed by atoms with Gasteiger partial charge >= 0.3 is 0 Å². The van der Waals surface area contributed by atoms with Gasteiger partial charge in [0.05, 0.1) is 0 Å². The highest BCUT2D eigenvalue weighted by molar-refractivity contribution is 5.98. The molecule has 2 aromatic carbocycles. The number of carbonyl (C=O) groups is 2. The second-order valence-corrected chi connectivity index (χ2v) is 8.09. The largest absolute Gasteiger partial charge is 0.369 e. The Morgan fingerprint density at radius 1 is 1.03 bits per heavy atom. The number of benzene rings is 2. The van der Waals surface area contributed by atoms with Gasteiger partial charge in [-0.3, -0.25) is 9.59 Å². The van der Waals surface area contributed by atoms with E-state index in [2.05, 4.69) is 39.5 Å². The first-order valence-electron chi connectivity index (χ1n) is 10.6. The van der Waals surface area contributed by atoms with Crippen LogP contribution in [0.4, 0.5) is 5.69 Å². The molecule has 1 aromatic heterocycles. The molecule has 0 radical (unpaired) electrons. The van der Waals surface area contributed by atoms with Crippen LogP contribution >= 0.6 is 0 Å². The van der Waals surface area contributed by atoms with Crippen LogP contribution in [-0.2, 0) is 4.79 Å². The van der Waals surface area contributed by atoms with E-state index in [1.165, 1.54) is 5.69 Å². The van der Waals surface area contributed by atoms with Crippen LogP contribution in [0.2, 0.25) is 0 Å². The van der Waals surface area contributed by atoms with E-state index >= 15 is 0 Å². The molecule has 0 spiro atoms. The third-order valence-corrected chi connectivity index (χ3v) is 5.73. The van der Waals surface area contributed by atoms with Crippen LogP contribution in [0.5, 0.6) is 0 Å². The average molecular weight is 434 g/mol. The number of carbonyl (C=O) groups excluding carboxylic acids is 2. The van der Waals surface area contributed by atoms with Gasteiger partial charge in [-0.2, -0.15) is 0 Å². The van der Waals surface area contributed by atoms with Crippen molar-refractivity contribution in [2.24, 2.45) is 5.73 Å². The normalized spacial score (nSPS) is 15.4. The number of piperazine rings is 1. The number of hydrogen-bond acceptors (Lipinski definition) is 6. The van der Waals surface area contributed by atoms with Crippen molar-refractivity contribution in [2.45, 2.75) is 13.0 Å².